The minimum Gasteiger partial charge on any atom is -0.480 e. The largest absolute Gasteiger partial charge is 0.480 e. The maximum absolute atomic E-state index is 12.6. The van der Waals surface area contributed by atoms with Gasteiger partial charge in [-0.25, -0.2) is 4.79 Å². The van der Waals surface area contributed by atoms with Gasteiger partial charge < -0.3 is 20.8 Å². The third kappa shape index (κ3) is 6.43. The lowest BCUT2D eigenvalue weighted by Crippen LogP contribution is -2.50. The molecule has 0 heterocycles. The van der Waals surface area contributed by atoms with Crippen LogP contribution in [0, 0.1) is 11.3 Å². The van der Waals surface area contributed by atoms with E-state index >= 15 is 0 Å². The molecule has 0 fully saturated rings. The van der Waals surface area contributed by atoms with Crippen molar-refractivity contribution < 1.29 is 24.6 Å². The molecule has 2 aromatic carbocycles. The Morgan fingerprint density at radius 3 is 2.13 bits per heavy atom. The fraction of sp³-hybridized carbons (Fsp3) is 0.273. The van der Waals surface area contributed by atoms with Crippen LogP contribution in [-0.2, 0) is 9.59 Å². The van der Waals surface area contributed by atoms with Crippen LogP contribution >= 0.6 is 0 Å². The molecular weight excluding hydrogens is 386 g/mol. The van der Waals surface area contributed by atoms with Crippen molar-refractivity contribution in [2.24, 2.45) is 0 Å². The van der Waals surface area contributed by atoms with Gasteiger partial charge in [0.15, 0.2) is 6.10 Å². The highest BCUT2D eigenvalue weighted by Crippen LogP contribution is 2.19. The number of unbranched alkanes of at least 4 members (excludes halogenated alkanes) is 1. The molecule has 2 aromatic rings. The standard InChI is InChI=1S/C22H23N3O5/c23-14-8-7-13-17(22(29)30)24-21(28)19(26)18(15-9-3-1-4-10-15)25-20(27)16-11-5-2-6-12-16/h1-6,9-12,17-19,26H,7-8,13H2,(H,24,28)(H,25,27)(H,29,30)/t17-,18-,19+/m0/s1. The monoisotopic (exact) mass is 409 g/mol. The topological polar surface area (TPSA) is 140 Å². The zero-order chi connectivity index (χ0) is 21.9. The average Bonchev–Trinajstić information content (AvgIpc) is 2.77. The fourth-order valence-electron chi connectivity index (χ4n) is 2.87. The van der Waals surface area contributed by atoms with Crippen LogP contribution in [0.4, 0.5) is 0 Å². The quantitative estimate of drug-likeness (QED) is 0.441. The predicted molar refractivity (Wildman–Crippen MR) is 108 cm³/mol. The van der Waals surface area contributed by atoms with Gasteiger partial charge in [-0.15, -0.1) is 0 Å². The van der Waals surface area contributed by atoms with E-state index in [2.05, 4.69) is 10.6 Å². The molecule has 0 aliphatic heterocycles. The van der Waals surface area contributed by atoms with Crippen LogP contribution in [0.15, 0.2) is 60.7 Å². The second-order valence-corrected chi connectivity index (χ2v) is 6.62. The molecule has 0 unspecified atom stereocenters. The van der Waals surface area contributed by atoms with Gasteiger partial charge in [0.2, 0.25) is 0 Å². The van der Waals surface area contributed by atoms with Crippen LogP contribution in [0.2, 0.25) is 0 Å². The van der Waals surface area contributed by atoms with Crippen LogP contribution < -0.4 is 10.6 Å². The van der Waals surface area contributed by atoms with E-state index in [0.717, 1.165) is 0 Å². The fourth-order valence-corrected chi connectivity index (χ4v) is 2.87. The zero-order valence-electron chi connectivity index (χ0n) is 16.2. The van der Waals surface area contributed by atoms with Crippen molar-refractivity contribution in [1.82, 2.24) is 10.6 Å². The first-order valence-corrected chi connectivity index (χ1v) is 9.43. The van der Waals surface area contributed by atoms with E-state index in [0.29, 0.717) is 11.1 Å². The van der Waals surface area contributed by atoms with E-state index in [-0.39, 0.29) is 19.3 Å². The number of aliphatic hydroxyl groups is 1. The number of aliphatic carboxylic acids is 1. The lowest BCUT2D eigenvalue weighted by Gasteiger charge is -2.25. The Morgan fingerprint density at radius 1 is 0.967 bits per heavy atom. The first-order valence-electron chi connectivity index (χ1n) is 9.43. The number of carbonyl (C=O) groups is 3. The summed E-state index contributed by atoms with van der Waals surface area (Å²) in [6, 6.07) is 16.3. The van der Waals surface area contributed by atoms with E-state index in [1.54, 1.807) is 60.7 Å². The van der Waals surface area contributed by atoms with Gasteiger partial charge in [0, 0.05) is 12.0 Å². The van der Waals surface area contributed by atoms with Crippen LogP contribution in [-0.4, -0.2) is 40.1 Å². The molecule has 2 rings (SSSR count). The van der Waals surface area contributed by atoms with Crippen LogP contribution in [0.5, 0.6) is 0 Å². The number of nitrogens with zero attached hydrogens (tertiary/aromatic N) is 1. The van der Waals surface area contributed by atoms with Crippen LogP contribution in [0.25, 0.3) is 0 Å². The number of rotatable bonds is 10. The summed E-state index contributed by atoms with van der Waals surface area (Å²) in [6.45, 7) is 0. The van der Waals surface area contributed by atoms with Gasteiger partial charge >= 0.3 is 5.97 Å². The third-order valence-electron chi connectivity index (χ3n) is 4.46. The first-order chi connectivity index (χ1) is 14.4. The lowest BCUT2D eigenvalue weighted by molar-refractivity contribution is -0.144. The molecule has 8 nitrogen and oxygen atoms in total. The molecule has 0 aliphatic rings. The SMILES string of the molecule is N#CCCC[C@H](NC(=O)[C@H](O)[C@@H](NC(=O)c1ccccc1)c1ccccc1)C(=O)O. The summed E-state index contributed by atoms with van der Waals surface area (Å²) < 4.78 is 0. The van der Waals surface area contributed by atoms with E-state index in [4.69, 9.17) is 5.26 Å². The van der Waals surface area contributed by atoms with E-state index in [1.165, 1.54) is 0 Å². The number of carboxylic acid groups (broad SMARTS) is 1. The van der Waals surface area contributed by atoms with Crippen molar-refractivity contribution in [3.63, 3.8) is 0 Å². The predicted octanol–water partition coefficient (Wildman–Crippen LogP) is 1.78. The Balaban J connectivity index is 2.18. The van der Waals surface area contributed by atoms with Gasteiger partial charge in [-0.2, -0.15) is 5.26 Å². The van der Waals surface area contributed by atoms with Crippen LogP contribution in [0.1, 0.15) is 41.2 Å². The van der Waals surface area contributed by atoms with Crippen molar-refractivity contribution in [3.8, 4) is 6.07 Å². The average molecular weight is 409 g/mol. The summed E-state index contributed by atoms with van der Waals surface area (Å²) >= 11 is 0. The number of carboxylic acids is 1. The Kier molecular flexibility index (Phi) is 8.54. The number of hydrogen-bond acceptors (Lipinski definition) is 5. The second-order valence-electron chi connectivity index (χ2n) is 6.62. The van der Waals surface area contributed by atoms with Gasteiger partial charge in [0.25, 0.3) is 11.8 Å². The molecule has 156 valence electrons. The molecular formula is C22H23N3O5. The van der Waals surface area contributed by atoms with Crippen molar-refractivity contribution >= 4 is 17.8 Å². The highest BCUT2D eigenvalue weighted by atomic mass is 16.4. The molecule has 0 aromatic heterocycles. The summed E-state index contributed by atoms with van der Waals surface area (Å²) in [5.74, 6) is -2.68. The summed E-state index contributed by atoms with van der Waals surface area (Å²) in [5.41, 5.74) is 0.840. The van der Waals surface area contributed by atoms with Gasteiger partial charge in [0.05, 0.1) is 12.1 Å². The van der Waals surface area contributed by atoms with E-state index in [9.17, 15) is 24.6 Å². The summed E-state index contributed by atoms with van der Waals surface area (Å²) in [6.07, 6.45) is -1.23. The molecule has 8 heteroatoms. The molecule has 0 saturated carbocycles. The first kappa shape index (κ1) is 22.6. The second kappa shape index (κ2) is 11.3. The third-order valence-corrected chi connectivity index (χ3v) is 4.46. The van der Waals surface area contributed by atoms with Gasteiger partial charge in [-0.1, -0.05) is 48.5 Å². The number of hydrogen-bond donors (Lipinski definition) is 4. The Hall–Kier alpha value is -3.70. The molecule has 0 saturated heterocycles. The summed E-state index contributed by atoms with van der Waals surface area (Å²) in [7, 11) is 0. The summed E-state index contributed by atoms with van der Waals surface area (Å²) in [4.78, 5) is 36.6. The number of nitriles is 1. The molecule has 4 N–H and O–H groups in total. The zero-order valence-corrected chi connectivity index (χ0v) is 16.2. The van der Waals surface area contributed by atoms with E-state index < -0.39 is 36.0 Å². The highest BCUT2D eigenvalue weighted by Gasteiger charge is 2.32. The van der Waals surface area contributed by atoms with Crippen molar-refractivity contribution in [2.75, 3.05) is 0 Å². The van der Waals surface area contributed by atoms with Gasteiger partial charge in [0.1, 0.15) is 6.04 Å². The Morgan fingerprint density at radius 2 is 1.57 bits per heavy atom. The molecule has 0 aliphatic carbocycles. The molecule has 0 spiro atoms. The van der Waals surface area contributed by atoms with Gasteiger partial charge in [-0.3, -0.25) is 9.59 Å². The minimum absolute atomic E-state index is 0.0493. The molecule has 2 amide bonds. The summed E-state index contributed by atoms with van der Waals surface area (Å²) in [5, 5.41) is 33.5. The van der Waals surface area contributed by atoms with Crippen LogP contribution in [0.3, 0.4) is 0 Å². The van der Waals surface area contributed by atoms with Crippen molar-refractivity contribution in [2.45, 2.75) is 37.5 Å². The Bertz CT molecular complexity index is 896. The number of benzene rings is 2. The highest BCUT2D eigenvalue weighted by molar-refractivity contribution is 5.95. The maximum Gasteiger partial charge on any atom is 0.326 e. The Labute approximate surface area is 174 Å². The van der Waals surface area contributed by atoms with Gasteiger partial charge in [-0.05, 0) is 30.5 Å². The van der Waals surface area contributed by atoms with Crippen molar-refractivity contribution in [3.05, 3.63) is 71.8 Å². The normalized spacial score (nSPS) is 13.3. The molecule has 0 radical (unpaired) electrons. The molecule has 0 bridgehead atoms. The molecule has 3 atom stereocenters. The number of carbonyl (C=O) groups excluding carboxylic acids is 2. The lowest BCUT2D eigenvalue weighted by atomic mass is 9.99. The maximum atomic E-state index is 12.6. The minimum atomic E-state index is -1.72. The van der Waals surface area contributed by atoms with E-state index in [1.807, 2.05) is 6.07 Å². The molecule has 30 heavy (non-hydrogen) atoms. The number of aliphatic hydroxyl groups excluding tert-OH is 1. The number of nitrogens with one attached hydrogen (secondary N) is 2. The van der Waals surface area contributed by atoms with Crippen molar-refractivity contribution in [1.29, 1.82) is 5.26 Å². The smallest absolute Gasteiger partial charge is 0.326 e. The number of amides is 2.